The molecule has 1 heteroatoms. The van der Waals surface area contributed by atoms with E-state index >= 15 is 0 Å². The van der Waals surface area contributed by atoms with Gasteiger partial charge in [-0.15, -0.1) is 0 Å². The Morgan fingerprint density at radius 3 is 1.54 bits per heavy atom. The third-order valence-electron chi connectivity index (χ3n) is 7.13. The first kappa shape index (κ1) is 13.6. The van der Waals surface area contributed by atoms with Crippen molar-refractivity contribution in [3.05, 3.63) is 145 Å². The molecule has 0 saturated carbocycles. The number of rotatable bonds is 3. The summed E-state index contributed by atoms with van der Waals surface area (Å²) in [6.45, 7) is 0. The molecule has 182 valence electrons. The zero-order valence-corrected chi connectivity index (χ0v) is 20.4. The van der Waals surface area contributed by atoms with Crippen LogP contribution in [0.2, 0.25) is 0 Å². The van der Waals surface area contributed by atoms with E-state index in [9.17, 15) is 1.37 Å². The molecule has 0 N–H and O–H groups in total. The van der Waals surface area contributed by atoms with E-state index in [4.69, 9.17) is 18.1 Å². The maximum absolute atomic E-state index is 9.40. The highest BCUT2D eigenvalue weighted by atomic mass is 16.3. The van der Waals surface area contributed by atoms with Crippen molar-refractivity contribution in [2.45, 2.75) is 0 Å². The van der Waals surface area contributed by atoms with Crippen molar-refractivity contribution in [2.75, 3.05) is 0 Å². The molecule has 0 saturated heterocycles. The zero-order valence-electron chi connectivity index (χ0n) is 31.4. The molecule has 0 atom stereocenters. The summed E-state index contributed by atoms with van der Waals surface area (Å²) in [5.74, 6) is 0. The van der Waals surface area contributed by atoms with Gasteiger partial charge in [-0.3, -0.25) is 0 Å². The van der Waals surface area contributed by atoms with E-state index in [0.717, 1.165) is 21.9 Å². The normalized spacial score (nSPS) is 15.5. The number of fused-ring (bicyclic) bond motifs is 5. The molecule has 1 heterocycles. The largest absolute Gasteiger partial charge is 0.456 e. The van der Waals surface area contributed by atoms with Crippen LogP contribution in [0.4, 0.5) is 0 Å². The van der Waals surface area contributed by atoms with Gasteiger partial charge in [0.2, 0.25) is 0 Å². The Morgan fingerprint density at radius 1 is 0.410 bits per heavy atom. The number of hydrogen-bond acceptors (Lipinski definition) is 1. The second kappa shape index (κ2) is 8.72. The lowest BCUT2D eigenvalue weighted by atomic mass is 9.84. The lowest BCUT2D eigenvalue weighted by molar-refractivity contribution is 0.669. The lowest BCUT2D eigenvalue weighted by Crippen LogP contribution is -1.91. The molecule has 1 aromatic heterocycles. The van der Waals surface area contributed by atoms with Crippen LogP contribution in [0.5, 0.6) is 0 Å². The molecule has 0 fully saturated rings. The summed E-state index contributed by atoms with van der Waals surface area (Å²) in [5, 5.41) is 3.15. The van der Waals surface area contributed by atoms with Gasteiger partial charge in [0, 0.05) is 10.8 Å². The molecule has 7 aromatic carbocycles. The van der Waals surface area contributed by atoms with Crippen LogP contribution in [0.3, 0.4) is 0 Å². The molecule has 1 nitrogen and oxygen atoms in total. The lowest BCUT2D eigenvalue weighted by Gasteiger charge is -2.18. The zero-order chi connectivity index (χ0) is 35.3. The van der Waals surface area contributed by atoms with Crippen LogP contribution in [0.1, 0.15) is 15.1 Å². The Kier molecular flexibility index (Phi) is 3.04. The molecule has 0 aliphatic heterocycles. The summed E-state index contributed by atoms with van der Waals surface area (Å²) < 4.78 is 102. The highest BCUT2D eigenvalue weighted by Gasteiger charge is 2.21. The Balaban J connectivity index is 1.68. The Labute approximate surface area is 242 Å². The van der Waals surface area contributed by atoms with E-state index in [-0.39, 0.29) is 44.7 Å². The number of hydrogen-bond donors (Lipinski definition) is 0. The molecule has 0 spiro atoms. The second-order valence-corrected chi connectivity index (χ2v) is 9.22. The van der Waals surface area contributed by atoms with Gasteiger partial charge in [0.15, 0.2) is 0 Å². The van der Waals surface area contributed by atoms with Gasteiger partial charge >= 0.3 is 0 Å². The van der Waals surface area contributed by atoms with Crippen molar-refractivity contribution >= 4 is 43.5 Å². The predicted octanol–water partition coefficient (Wildman–Crippen LogP) is 10.9. The van der Waals surface area contributed by atoms with Crippen molar-refractivity contribution in [1.29, 1.82) is 0 Å². The van der Waals surface area contributed by atoms with E-state index in [1.54, 1.807) is 0 Å². The van der Waals surface area contributed by atoms with Crippen LogP contribution in [0.25, 0.3) is 76.9 Å². The van der Waals surface area contributed by atoms with Gasteiger partial charge in [-0.1, -0.05) is 133 Å². The van der Waals surface area contributed by atoms with Crippen LogP contribution in [0, 0.1) is 0 Å². The maximum Gasteiger partial charge on any atom is 0.136 e. The highest BCUT2D eigenvalue weighted by Crippen LogP contribution is 2.48. The summed E-state index contributed by atoms with van der Waals surface area (Å²) in [6, 6.07) is 19.1. The van der Waals surface area contributed by atoms with Crippen LogP contribution in [0.15, 0.2) is 150 Å². The van der Waals surface area contributed by atoms with Crippen LogP contribution in [-0.4, -0.2) is 0 Å². The van der Waals surface area contributed by atoms with E-state index in [2.05, 4.69) is 0 Å². The van der Waals surface area contributed by atoms with Crippen LogP contribution in [-0.2, 0) is 0 Å². The van der Waals surface area contributed by atoms with Gasteiger partial charge in [-0.2, -0.15) is 0 Å². The molecule has 8 aromatic rings. The molecule has 0 aliphatic carbocycles. The molecular formula is C38H24O. The minimum atomic E-state index is -0.646. The van der Waals surface area contributed by atoms with Crippen LogP contribution < -0.4 is 0 Å². The first-order chi connectivity index (χ1) is 24.0. The minimum Gasteiger partial charge on any atom is -0.456 e. The third-order valence-corrected chi connectivity index (χ3v) is 7.13. The summed E-state index contributed by atoms with van der Waals surface area (Å²) in [5.41, 5.74) is 1.56. The number of furan rings is 1. The summed E-state index contributed by atoms with van der Waals surface area (Å²) in [7, 11) is 0. The van der Waals surface area contributed by atoms with E-state index in [1.807, 2.05) is 78.9 Å². The molecule has 0 radical (unpaired) electrons. The fourth-order valence-corrected chi connectivity index (χ4v) is 5.57. The standard InChI is InChI=1S/C38H24O/c1-3-13-25(14-4-1)27-21-11-23-33-37(27)38-32(22-12-24-34(38)39-33)36-30-19-9-7-17-28(30)35(26-15-5-2-6-16-26)29-18-8-10-20-31(29)36/h1-24H/i1D,3D,4D,11D,12D,13D,14D,21D,22D,23D,24D. The summed E-state index contributed by atoms with van der Waals surface area (Å²) in [6.07, 6.45) is 0. The molecule has 0 unspecified atom stereocenters. The first-order valence-corrected chi connectivity index (χ1v) is 12.5. The van der Waals surface area contributed by atoms with E-state index in [0.29, 0.717) is 16.3 Å². The van der Waals surface area contributed by atoms with E-state index in [1.165, 1.54) is 0 Å². The molecular weight excluding hydrogens is 472 g/mol. The average molecular weight is 508 g/mol. The minimum absolute atomic E-state index is 0.0400. The predicted molar refractivity (Wildman–Crippen MR) is 165 cm³/mol. The average Bonchev–Trinajstić information content (AvgIpc) is 3.53. The quantitative estimate of drug-likeness (QED) is 0.217. The van der Waals surface area contributed by atoms with Gasteiger partial charge in [-0.05, 0) is 67.0 Å². The molecule has 39 heavy (non-hydrogen) atoms. The maximum atomic E-state index is 9.40. The van der Waals surface area contributed by atoms with Gasteiger partial charge in [0.25, 0.3) is 0 Å². The fourth-order valence-electron chi connectivity index (χ4n) is 5.57. The third kappa shape index (κ3) is 3.34. The topological polar surface area (TPSA) is 13.1 Å². The van der Waals surface area contributed by atoms with Gasteiger partial charge in [-0.25, -0.2) is 0 Å². The second-order valence-electron chi connectivity index (χ2n) is 9.22. The van der Waals surface area contributed by atoms with Crippen molar-refractivity contribution in [3.8, 4) is 33.4 Å². The Morgan fingerprint density at radius 2 is 0.923 bits per heavy atom. The summed E-state index contributed by atoms with van der Waals surface area (Å²) in [4.78, 5) is 0. The fraction of sp³-hybridized carbons (Fsp3) is 0. The first-order valence-electron chi connectivity index (χ1n) is 18.0. The molecule has 0 amide bonds. The number of benzene rings is 7. The SMILES string of the molecule is [2H]c1c([2H])c([2H])c(-c2c([2H])c([2H])c([2H])c3oc4c([2H])c([2H])c([2H])c(-c5c6ccccc6c(-c6ccccc6)c6ccccc56)c4c23)c([2H])c1[2H]. The smallest absolute Gasteiger partial charge is 0.136 e. The van der Waals surface area contributed by atoms with Gasteiger partial charge in [0.1, 0.15) is 11.2 Å². The van der Waals surface area contributed by atoms with Gasteiger partial charge < -0.3 is 4.42 Å². The van der Waals surface area contributed by atoms with Crippen molar-refractivity contribution in [1.82, 2.24) is 0 Å². The monoisotopic (exact) mass is 507 g/mol. The summed E-state index contributed by atoms with van der Waals surface area (Å²) >= 11 is 0. The van der Waals surface area contributed by atoms with Crippen molar-refractivity contribution in [3.63, 3.8) is 0 Å². The Bertz CT molecular complexity index is 2680. The van der Waals surface area contributed by atoms with E-state index < -0.39 is 60.4 Å². The van der Waals surface area contributed by atoms with Crippen LogP contribution >= 0.6 is 0 Å². The van der Waals surface area contributed by atoms with Crippen molar-refractivity contribution < 1.29 is 19.5 Å². The molecule has 8 rings (SSSR count). The Hall–Kier alpha value is -5.14. The van der Waals surface area contributed by atoms with Gasteiger partial charge in [0.05, 0.1) is 15.1 Å². The highest BCUT2D eigenvalue weighted by molar-refractivity contribution is 6.26. The van der Waals surface area contributed by atoms with Crippen molar-refractivity contribution in [2.24, 2.45) is 0 Å². The molecule has 0 bridgehead atoms. The molecule has 0 aliphatic rings.